The fourth-order valence-corrected chi connectivity index (χ4v) is 2.95. The van der Waals surface area contributed by atoms with E-state index in [1.54, 1.807) is 0 Å². The van der Waals surface area contributed by atoms with Gasteiger partial charge < -0.3 is 16.0 Å². The van der Waals surface area contributed by atoms with Crippen molar-refractivity contribution in [1.29, 1.82) is 0 Å². The predicted octanol–water partition coefficient (Wildman–Crippen LogP) is 0.919. The first-order chi connectivity index (χ1) is 9.32. The zero-order valence-corrected chi connectivity index (χ0v) is 13.3. The van der Waals surface area contributed by atoms with Crippen LogP contribution >= 0.6 is 12.2 Å². The van der Waals surface area contributed by atoms with Gasteiger partial charge in [-0.2, -0.15) is 0 Å². The molecule has 6 heteroatoms. The Hall–Kier alpha value is -1.17. The third-order valence-electron chi connectivity index (χ3n) is 3.81. The van der Waals surface area contributed by atoms with E-state index >= 15 is 0 Å². The van der Waals surface area contributed by atoms with Gasteiger partial charge in [-0.15, -0.1) is 0 Å². The van der Waals surface area contributed by atoms with Crippen LogP contribution in [0.15, 0.2) is 0 Å². The maximum Gasteiger partial charge on any atom is 0.232 e. The quantitative estimate of drug-likeness (QED) is 0.740. The van der Waals surface area contributed by atoms with Gasteiger partial charge in [0, 0.05) is 26.6 Å². The minimum Gasteiger partial charge on any atom is -0.393 e. The molecule has 0 aromatic rings. The van der Waals surface area contributed by atoms with Crippen LogP contribution in [0.5, 0.6) is 0 Å². The number of rotatable bonds is 5. The van der Waals surface area contributed by atoms with Crippen LogP contribution in [0, 0.1) is 17.8 Å². The lowest BCUT2D eigenvalue weighted by Gasteiger charge is -2.35. The molecule has 1 fully saturated rings. The number of carbonyl (C=O) groups excluding carboxylic acids is 2. The molecule has 1 rings (SSSR count). The normalized spacial score (nSPS) is 17.9. The predicted molar refractivity (Wildman–Crippen MR) is 83.1 cm³/mol. The van der Waals surface area contributed by atoms with Crippen LogP contribution in [0.25, 0.3) is 0 Å². The summed E-state index contributed by atoms with van der Waals surface area (Å²) in [6.07, 6.45) is 1.82. The van der Waals surface area contributed by atoms with Crippen LogP contribution in [-0.2, 0) is 9.59 Å². The standard InChI is InChI=1S/C14H25N3O2S/c1-9(2)12(13(15)20)14(19)17-6-4-11(5-7-17)8-16-10(3)18/h9,11-12H,4-8H2,1-3H3,(H2,15,20)(H,16,18). The smallest absolute Gasteiger partial charge is 0.232 e. The van der Waals surface area contributed by atoms with Gasteiger partial charge in [0.25, 0.3) is 0 Å². The lowest BCUT2D eigenvalue weighted by molar-refractivity contribution is -0.136. The summed E-state index contributed by atoms with van der Waals surface area (Å²) in [6.45, 7) is 7.58. The number of hydrogen-bond donors (Lipinski definition) is 2. The highest BCUT2D eigenvalue weighted by Crippen LogP contribution is 2.21. The molecule has 0 saturated carbocycles. The molecule has 0 aromatic heterocycles. The van der Waals surface area contributed by atoms with E-state index < -0.39 is 0 Å². The summed E-state index contributed by atoms with van der Waals surface area (Å²) in [5, 5.41) is 2.84. The SMILES string of the molecule is CC(=O)NCC1CCN(C(=O)C(C(N)=S)C(C)C)CC1. The minimum absolute atomic E-state index is 0.00291. The van der Waals surface area contributed by atoms with Gasteiger partial charge in [-0.1, -0.05) is 26.1 Å². The zero-order valence-electron chi connectivity index (χ0n) is 12.5. The van der Waals surface area contributed by atoms with E-state index in [1.807, 2.05) is 18.7 Å². The molecule has 0 bridgehead atoms. The van der Waals surface area contributed by atoms with Crippen LogP contribution in [0.4, 0.5) is 0 Å². The van der Waals surface area contributed by atoms with E-state index in [9.17, 15) is 9.59 Å². The highest BCUT2D eigenvalue weighted by Gasteiger charge is 2.31. The Kier molecular flexibility index (Phi) is 6.39. The van der Waals surface area contributed by atoms with Crippen LogP contribution < -0.4 is 11.1 Å². The second-order valence-electron chi connectivity index (χ2n) is 5.83. The first-order valence-electron chi connectivity index (χ1n) is 7.15. The van der Waals surface area contributed by atoms with Gasteiger partial charge in [-0.25, -0.2) is 0 Å². The van der Waals surface area contributed by atoms with Crippen molar-refractivity contribution in [2.24, 2.45) is 23.5 Å². The monoisotopic (exact) mass is 299 g/mol. The number of carbonyl (C=O) groups is 2. The zero-order chi connectivity index (χ0) is 15.3. The Morgan fingerprint density at radius 1 is 1.35 bits per heavy atom. The molecule has 2 amide bonds. The maximum absolute atomic E-state index is 12.4. The molecule has 1 saturated heterocycles. The topological polar surface area (TPSA) is 75.4 Å². The van der Waals surface area contributed by atoms with Crippen molar-refractivity contribution >= 4 is 29.0 Å². The molecule has 3 N–H and O–H groups in total. The first-order valence-corrected chi connectivity index (χ1v) is 7.56. The van der Waals surface area contributed by atoms with E-state index in [2.05, 4.69) is 5.32 Å². The minimum atomic E-state index is -0.364. The molecule has 20 heavy (non-hydrogen) atoms. The Morgan fingerprint density at radius 3 is 2.30 bits per heavy atom. The molecule has 114 valence electrons. The Bertz CT molecular complexity index is 377. The molecule has 1 aliphatic heterocycles. The lowest BCUT2D eigenvalue weighted by atomic mass is 9.91. The summed E-state index contributed by atoms with van der Waals surface area (Å²) in [6, 6.07) is 0. The van der Waals surface area contributed by atoms with E-state index in [-0.39, 0.29) is 28.6 Å². The molecular formula is C14H25N3O2S. The van der Waals surface area contributed by atoms with Gasteiger partial charge in [-0.3, -0.25) is 9.59 Å². The van der Waals surface area contributed by atoms with Gasteiger partial charge in [-0.05, 0) is 24.7 Å². The second kappa shape index (κ2) is 7.57. The fraction of sp³-hybridized carbons (Fsp3) is 0.786. The fourth-order valence-electron chi connectivity index (χ4n) is 2.58. The number of piperidine rings is 1. The molecule has 0 aliphatic carbocycles. The molecule has 5 nitrogen and oxygen atoms in total. The van der Waals surface area contributed by atoms with Gasteiger partial charge in [0.2, 0.25) is 11.8 Å². The highest BCUT2D eigenvalue weighted by molar-refractivity contribution is 7.80. The summed E-state index contributed by atoms with van der Waals surface area (Å²) in [4.78, 5) is 25.5. The van der Waals surface area contributed by atoms with Gasteiger partial charge in [0.05, 0.1) is 10.9 Å². The average Bonchev–Trinajstić information content (AvgIpc) is 2.36. The van der Waals surface area contributed by atoms with Gasteiger partial charge in [0.1, 0.15) is 0 Å². The summed E-state index contributed by atoms with van der Waals surface area (Å²) in [5.74, 6) is 0.251. The largest absolute Gasteiger partial charge is 0.393 e. The average molecular weight is 299 g/mol. The Labute approximate surface area is 126 Å². The lowest BCUT2D eigenvalue weighted by Crippen LogP contribution is -2.47. The summed E-state index contributed by atoms with van der Waals surface area (Å²) >= 11 is 5.02. The highest BCUT2D eigenvalue weighted by atomic mass is 32.1. The van der Waals surface area contributed by atoms with E-state index in [1.165, 1.54) is 6.92 Å². The van der Waals surface area contributed by atoms with E-state index in [0.29, 0.717) is 12.5 Å². The molecule has 0 aromatic carbocycles. The van der Waals surface area contributed by atoms with Crippen molar-refractivity contribution in [3.05, 3.63) is 0 Å². The first kappa shape index (κ1) is 16.9. The van der Waals surface area contributed by atoms with Crippen molar-refractivity contribution in [2.45, 2.75) is 33.6 Å². The third-order valence-corrected chi connectivity index (χ3v) is 4.06. The Morgan fingerprint density at radius 2 is 1.90 bits per heavy atom. The number of nitrogens with zero attached hydrogens (tertiary/aromatic N) is 1. The maximum atomic E-state index is 12.4. The molecule has 0 spiro atoms. The number of nitrogens with one attached hydrogen (secondary N) is 1. The van der Waals surface area contributed by atoms with Crippen molar-refractivity contribution in [3.8, 4) is 0 Å². The van der Waals surface area contributed by atoms with Crippen molar-refractivity contribution < 1.29 is 9.59 Å². The number of nitrogens with two attached hydrogens (primary N) is 1. The Balaban J connectivity index is 2.50. The van der Waals surface area contributed by atoms with E-state index in [0.717, 1.165) is 25.9 Å². The number of hydrogen-bond acceptors (Lipinski definition) is 3. The second-order valence-corrected chi connectivity index (χ2v) is 6.30. The van der Waals surface area contributed by atoms with Crippen LogP contribution in [0.3, 0.4) is 0 Å². The third kappa shape index (κ3) is 4.74. The summed E-state index contributed by atoms with van der Waals surface area (Å²) in [5.41, 5.74) is 5.69. The van der Waals surface area contributed by atoms with Crippen molar-refractivity contribution in [2.75, 3.05) is 19.6 Å². The molecule has 1 unspecified atom stereocenters. The molecule has 0 radical (unpaired) electrons. The molecule has 1 atom stereocenters. The van der Waals surface area contributed by atoms with Gasteiger partial charge in [0.15, 0.2) is 0 Å². The number of likely N-dealkylation sites (tertiary alicyclic amines) is 1. The molecule has 1 heterocycles. The molecular weight excluding hydrogens is 274 g/mol. The van der Waals surface area contributed by atoms with Crippen LogP contribution in [-0.4, -0.2) is 41.3 Å². The summed E-state index contributed by atoms with van der Waals surface area (Å²) < 4.78 is 0. The summed E-state index contributed by atoms with van der Waals surface area (Å²) in [7, 11) is 0. The van der Waals surface area contributed by atoms with Gasteiger partial charge >= 0.3 is 0 Å². The number of thiocarbonyl (C=S) groups is 1. The van der Waals surface area contributed by atoms with Crippen molar-refractivity contribution in [1.82, 2.24) is 10.2 Å². The molecule has 1 aliphatic rings. The number of amides is 2. The van der Waals surface area contributed by atoms with E-state index in [4.69, 9.17) is 18.0 Å². The van der Waals surface area contributed by atoms with Crippen LogP contribution in [0.2, 0.25) is 0 Å². The van der Waals surface area contributed by atoms with Crippen molar-refractivity contribution in [3.63, 3.8) is 0 Å². The van der Waals surface area contributed by atoms with Crippen LogP contribution in [0.1, 0.15) is 33.6 Å².